The van der Waals surface area contributed by atoms with Crippen LogP contribution in [0.5, 0.6) is 11.5 Å². The van der Waals surface area contributed by atoms with E-state index in [0.717, 1.165) is 52.9 Å². The van der Waals surface area contributed by atoms with Crippen LogP contribution >= 0.6 is 11.3 Å². The zero-order chi connectivity index (χ0) is 44.1. The second-order valence-corrected chi connectivity index (χ2v) is 21.6. The van der Waals surface area contributed by atoms with Crippen molar-refractivity contribution in [3.63, 3.8) is 0 Å². The number of nitrogens with zero attached hydrogens (tertiary/aromatic N) is 3. The lowest BCUT2D eigenvalue weighted by Gasteiger charge is -2.29. The number of rotatable bonds is 10. The molecule has 0 spiro atoms. The van der Waals surface area contributed by atoms with Crippen LogP contribution in [0, 0.1) is 36.9 Å². The fraction of sp³-hybridized carbons (Fsp3) is 0.521. The molecule has 2 aliphatic carbocycles. The number of methoxy groups -OCH3 is 1. The van der Waals surface area contributed by atoms with Gasteiger partial charge in [0.25, 0.3) is 0 Å². The summed E-state index contributed by atoms with van der Waals surface area (Å²) in [4.78, 5) is 55.6. The summed E-state index contributed by atoms with van der Waals surface area (Å²) in [5.41, 5.74) is 3.18. The number of hydrogen-bond donors (Lipinski definition) is 1. The first-order valence-electron chi connectivity index (χ1n) is 21.9. The molecule has 62 heavy (non-hydrogen) atoms. The number of carbonyl (C=O) groups is 3. The van der Waals surface area contributed by atoms with Crippen LogP contribution in [0.4, 0.5) is 4.39 Å². The summed E-state index contributed by atoms with van der Waals surface area (Å²) in [5.74, 6) is -0.835. The minimum atomic E-state index is -3.95. The summed E-state index contributed by atoms with van der Waals surface area (Å²) >= 11 is 1.50. The van der Waals surface area contributed by atoms with Gasteiger partial charge in [0.15, 0.2) is 5.78 Å². The monoisotopic (exact) mass is 884 g/mol. The number of nitrogens with one attached hydrogen (secondary N) is 1. The lowest BCUT2D eigenvalue weighted by atomic mass is 9.89. The standard InChI is InChI=1S/C48H57FN4O7S2/c1-28(2)38-27-61-44(51-38)37-23-42(35-15-17-41(59-6)30(4)43(35)50-37)60-34-22-39-40(54)25-48(46(56)52-62(57,58)47(5)18-19-47)24-33(48)13-11-9-7-8-10-12-32(45(55)53(39)26-34)21-31-14-16-36(49)29(3)20-31/h11,13-17,20,23,27-28,32-34,39H,7-10,12,18-19,21-22,24-26H2,1-6H3,(H,52,56)/b13-11-/t32-,33-,34-,39+,48-/m1/s1. The van der Waals surface area contributed by atoms with E-state index in [1.165, 1.54) is 17.4 Å². The van der Waals surface area contributed by atoms with E-state index in [9.17, 15) is 22.4 Å². The van der Waals surface area contributed by atoms with Gasteiger partial charge < -0.3 is 14.4 Å². The van der Waals surface area contributed by atoms with Crippen molar-refractivity contribution in [3.05, 3.63) is 82.1 Å². The Morgan fingerprint density at radius 2 is 1.85 bits per heavy atom. The predicted octanol–water partition coefficient (Wildman–Crippen LogP) is 8.94. The number of aryl methyl sites for hydroxylation is 2. The van der Waals surface area contributed by atoms with Crippen molar-refractivity contribution in [2.75, 3.05) is 13.7 Å². The molecule has 14 heteroatoms. The molecule has 2 aliphatic heterocycles. The molecule has 330 valence electrons. The van der Waals surface area contributed by atoms with Crippen LogP contribution in [0.3, 0.4) is 0 Å². The molecule has 1 N–H and O–H groups in total. The summed E-state index contributed by atoms with van der Waals surface area (Å²) in [6.45, 7) is 9.58. The SMILES string of the molecule is COc1ccc2c(O[C@@H]3C[C@H]4C(=O)C[C@]5(C(=O)NS(=O)(=O)C6(C)CC6)C[C@H]5/C=C\CCCCC[C@H](Cc5ccc(F)c(C)c5)C(=O)N4C3)cc(-c3nc(C(C)C)cs3)nc2c1C. The van der Waals surface area contributed by atoms with Crippen LogP contribution in [0.25, 0.3) is 21.6 Å². The molecule has 2 aromatic heterocycles. The summed E-state index contributed by atoms with van der Waals surface area (Å²) < 4.78 is 55.0. The number of allylic oxidation sites excluding steroid dienone is 2. The van der Waals surface area contributed by atoms with Gasteiger partial charge in [0, 0.05) is 41.2 Å². The van der Waals surface area contributed by atoms with Gasteiger partial charge in [0.1, 0.15) is 34.1 Å². The second-order valence-electron chi connectivity index (χ2n) is 18.6. The fourth-order valence-corrected chi connectivity index (χ4v) is 11.5. The van der Waals surface area contributed by atoms with Crippen LogP contribution < -0.4 is 14.2 Å². The van der Waals surface area contributed by atoms with E-state index < -0.39 is 44.2 Å². The van der Waals surface area contributed by atoms with Crippen molar-refractivity contribution in [2.45, 2.75) is 128 Å². The Labute approximate surface area is 367 Å². The van der Waals surface area contributed by atoms with Crippen molar-refractivity contribution in [2.24, 2.45) is 17.3 Å². The summed E-state index contributed by atoms with van der Waals surface area (Å²) in [7, 11) is -2.34. The van der Waals surface area contributed by atoms with Crippen LogP contribution in [0.2, 0.25) is 0 Å². The summed E-state index contributed by atoms with van der Waals surface area (Å²) in [6.07, 6.45) is 8.87. The lowest BCUT2D eigenvalue weighted by molar-refractivity contribution is -0.142. The molecular formula is C48H57FN4O7S2. The number of carbonyl (C=O) groups excluding carboxylic acids is 3. The maximum absolute atomic E-state index is 15.0. The molecule has 5 atom stereocenters. The number of Topliss-reactive ketones (excluding diaryl/α,β-unsaturated/α-hetero) is 1. The Bertz CT molecular complexity index is 2550. The third kappa shape index (κ3) is 8.65. The first-order valence-corrected chi connectivity index (χ1v) is 24.3. The molecule has 3 fully saturated rings. The average Bonchev–Trinajstić information content (AvgIpc) is 4.00. The molecule has 4 heterocycles. The van der Waals surface area contributed by atoms with Gasteiger partial charge in [0.2, 0.25) is 21.8 Å². The highest BCUT2D eigenvalue weighted by Gasteiger charge is 2.62. The second kappa shape index (κ2) is 17.1. The van der Waals surface area contributed by atoms with E-state index in [4.69, 9.17) is 19.4 Å². The molecule has 4 aromatic rings. The molecule has 4 aliphatic rings. The number of halogens is 1. The number of fused-ring (bicyclic) bond motifs is 3. The Balaban J connectivity index is 1.16. The summed E-state index contributed by atoms with van der Waals surface area (Å²) in [6, 6.07) is 9.65. The number of sulfonamides is 1. The zero-order valence-electron chi connectivity index (χ0n) is 36.5. The maximum atomic E-state index is 15.0. The van der Waals surface area contributed by atoms with Crippen molar-refractivity contribution >= 4 is 49.9 Å². The molecule has 2 amide bonds. The third-order valence-corrected chi connectivity index (χ3v) is 16.7. The molecule has 11 nitrogen and oxygen atoms in total. The van der Waals surface area contributed by atoms with Gasteiger partial charge in [-0.05, 0) is 107 Å². The number of ketones is 1. The maximum Gasteiger partial charge on any atom is 0.240 e. The van der Waals surface area contributed by atoms with E-state index >= 15 is 4.79 Å². The van der Waals surface area contributed by atoms with Crippen molar-refractivity contribution in [3.8, 4) is 22.2 Å². The zero-order valence-corrected chi connectivity index (χ0v) is 38.1. The quantitative estimate of drug-likeness (QED) is 0.154. The van der Waals surface area contributed by atoms with Crippen LogP contribution in [-0.2, 0) is 30.8 Å². The smallest absolute Gasteiger partial charge is 0.240 e. The highest BCUT2D eigenvalue weighted by Crippen LogP contribution is 2.58. The molecule has 2 saturated carbocycles. The Morgan fingerprint density at radius 1 is 1.06 bits per heavy atom. The fourth-order valence-electron chi connectivity index (χ4n) is 9.19. The summed E-state index contributed by atoms with van der Waals surface area (Å²) in [5, 5.41) is 3.51. The van der Waals surface area contributed by atoms with Gasteiger partial charge in [-0.2, -0.15) is 0 Å². The number of hydrogen-bond acceptors (Lipinski definition) is 10. The molecule has 1 saturated heterocycles. The number of amides is 2. The van der Waals surface area contributed by atoms with Gasteiger partial charge in [-0.3, -0.25) is 19.1 Å². The molecule has 0 radical (unpaired) electrons. The van der Waals surface area contributed by atoms with Crippen LogP contribution in [-0.4, -0.2) is 71.4 Å². The van der Waals surface area contributed by atoms with E-state index in [0.29, 0.717) is 60.4 Å². The predicted molar refractivity (Wildman–Crippen MR) is 238 cm³/mol. The van der Waals surface area contributed by atoms with Gasteiger partial charge in [-0.1, -0.05) is 51.0 Å². The molecule has 8 rings (SSSR count). The van der Waals surface area contributed by atoms with Gasteiger partial charge >= 0.3 is 0 Å². The topological polar surface area (TPSA) is 145 Å². The third-order valence-electron chi connectivity index (χ3n) is 13.7. The number of thiazole rings is 1. The normalized spacial score (nSPS) is 25.7. The average molecular weight is 885 g/mol. The highest BCUT2D eigenvalue weighted by atomic mass is 32.2. The number of pyridine rings is 1. The van der Waals surface area contributed by atoms with Crippen molar-refractivity contribution < 1.29 is 36.7 Å². The molecular weight excluding hydrogens is 828 g/mol. The van der Waals surface area contributed by atoms with Crippen LogP contribution in [0.15, 0.2) is 53.9 Å². The van der Waals surface area contributed by atoms with Gasteiger partial charge in [0.05, 0.1) is 41.1 Å². The Kier molecular flexibility index (Phi) is 12.1. The van der Waals surface area contributed by atoms with Crippen LogP contribution in [0.1, 0.15) is 113 Å². The molecule has 0 bridgehead atoms. The van der Waals surface area contributed by atoms with E-state index in [2.05, 4.69) is 18.6 Å². The van der Waals surface area contributed by atoms with E-state index in [1.54, 1.807) is 38.0 Å². The van der Waals surface area contributed by atoms with Gasteiger partial charge in [-0.25, -0.2) is 22.8 Å². The first kappa shape index (κ1) is 43.9. The lowest BCUT2D eigenvalue weighted by Crippen LogP contribution is -2.47. The Morgan fingerprint density at radius 3 is 2.56 bits per heavy atom. The Hall–Kier alpha value is -4.69. The number of benzene rings is 2. The van der Waals surface area contributed by atoms with Crippen molar-refractivity contribution in [1.29, 1.82) is 0 Å². The van der Waals surface area contributed by atoms with E-state index in [-0.39, 0.29) is 48.7 Å². The minimum Gasteiger partial charge on any atom is -0.496 e. The largest absolute Gasteiger partial charge is 0.496 e. The van der Waals surface area contributed by atoms with Gasteiger partial charge in [-0.15, -0.1) is 11.3 Å². The first-order chi connectivity index (χ1) is 29.5. The highest BCUT2D eigenvalue weighted by molar-refractivity contribution is 7.91. The minimum absolute atomic E-state index is 0.118. The molecule has 2 aromatic carbocycles. The number of ether oxygens (including phenoxy) is 2. The van der Waals surface area contributed by atoms with Crippen molar-refractivity contribution in [1.82, 2.24) is 19.6 Å². The number of aromatic nitrogens is 2. The molecule has 0 unspecified atom stereocenters. The van der Waals surface area contributed by atoms with E-state index in [1.807, 2.05) is 42.7 Å².